The molecule has 0 radical (unpaired) electrons. The molecule has 7 amide bonds. The molecule has 1 aromatic heterocycles. The number of aromatic nitrogens is 1. The van der Waals surface area contributed by atoms with Crippen molar-refractivity contribution in [3.05, 3.63) is 119 Å². The van der Waals surface area contributed by atoms with Crippen LogP contribution in [0.5, 0.6) is 0 Å². The number of nitrogens with one attached hydrogen (secondary N) is 6. The van der Waals surface area contributed by atoms with Crippen molar-refractivity contribution in [3.63, 3.8) is 0 Å². The fourth-order valence-corrected chi connectivity index (χ4v) is 8.44. The van der Waals surface area contributed by atoms with Gasteiger partial charge in [-0.05, 0) is 103 Å². The maximum Gasteiger partial charge on any atom is 0.264 e. The molecule has 0 bridgehead atoms. The fourth-order valence-electron chi connectivity index (χ4n) is 7.78. The number of hydrogen-bond donors (Lipinski definition) is 7. The van der Waals surface area contributed by atoms with E-state index < -0.39 is 35.5 Å². The molecule has 326 valence electrons. The van der Waals surface area contributed by atoms with E-state index in [0.29, 0.717) is 76.7 Å². The van der Waals surface area contributed by atoms with Crippen molar-refractivity contribution in [2.45, 2.75) is 49.5 Å². The third kappa shape index (κ3) is 9.41. The van der Waals surface area contributed by atoms with Gasteiger partial charge in [-0.1, -0.05) is 30.3 Å². The van der Waals surface area contributed by atoms with Crippen molar-refractivity contribution in [2.24, 2.45) is 0 Å². The molecule has 18 heteroatoms. The molecule has 0 saturated carbocycles. The number of fused-ring (bicyclic) bond motifs is 2. The minimum Gasteiger partial charge on any atom is -0.383 e. The number of hydrogen-bond acceptors (Lipinski definition) is 12. The van der Waals surface area contributed by atoms with E-state index in [9.17, 15) is 33.6 Å². The Bertz CT molecular complexity index is 2750. The second-order valence-corrected chi connectivity index (χ2v) is 16.2. The van der Waals surface area contributed by atoms with Crippen molar-refractivity contribution in [3.8, 4) is 22.3 Å². The van der Waals surface area contributed by atoms with Gasteiger partial charge in [-0.2, -0.15) is 0 Å². The summed E-state index contributed by atoms with van der Waals surface area (Å²) in [7, 11) is 0. The molecule has 3 aliphatic heterocycles. The van der Waals surface area contributed by atoms with Crippen LogP contribution in [0.4, 0.5) is 27.3 Å². The monoisotopic (exact) mass is 883 g/mol. The topological polar surface area (TPSA) is 234 Å². The van der Waals surface area contributed by atoms with Crippen LogP contribution in [0.15, 0.2) is 96.0 Å². The summed E-state index contributed by atoms with van der Waals surface area (Å²) in [6.45, 7) is 0.666. The molecule has 1 unspecified atom stereocenters. The van der Waals surface area contributed by atoms with Gasteiger partial charge in [0.05, 0.1) is 17.7 Å². The molecule has 16 nitrogen and oxygen atoms in total. The van der Waals surface area contributed by atoms with E-state index in [1.54, 1.807) is 54.6 Å². The number of unbranched alkanes of at least 4 members (excludes halogenated alkanes) is 1. The first-order chi connectivity index (χ1) is 30.9. The number of carbonyl (C=O) groups is 7. The summed E-state index contributed by atoms with van der Waals surface area (Å²) in [5.74, 6) is -3.33. The number of amides is 7. The second kappa shape index (κ2) is 18.8. The van der Waals surface area contributed by atoms with Crippen LogP contribution in [0.25, 0.3) is 22.3 Å². The Morgan fingerprint density at radius 1 is 0.828 bits per heavy atom. The predicted molar refractivity (Wildman–Crippen MR) is 239 cm³/mol. The van der Waals surface area contributed by atoms with Gasteiger partial charge in [-0.25, -0.2) is 9.37 Å². The molecule has 4 aromatic carbocycles. The van der Waals surface area contributed by atoms with Crippen LogP contribution < -0.4 is 37.0 Å². The van der Waals surface area contributed by atoms with Crippen LogP contribution >= 0.6 is 11.9 Å². The number of benzene rings is 4. The first-order valence-electron chi connectivity index (χ1n) is 20.6. The van der Waals surface area contributed by atoms with Crippen LogP contribution in [0.3, 0.4) is 0 Å². The zero-order valence-electron chi connectivity index (χ0n) is 34.2. The quantitative estimate of drug-likeness (QED) is 0.0405. The highest BCUT2D eigenvalue weighted by atomic mass is 32.2. The molecule has 4 heterocycles. The highest BCUT2D eigenvalue weighted by molar-refractivity contribution is 8.00. The summed E-state index contributed by atoms with van der Waals surface area (Å²) >= 11 is 1.21. The maximum atomic E-state index is 15.5. The lowest BCUT2D eigenvalue weighted by Crippen LogP contribution is -2.54. The first-order valence-corrected chi connectivity index (χ1v) is 21.4. The third-order valence-corrected chi connectivity index (χ3v) is 11.8. The Labute approximate surface area is 370 Å². The van der Waals surface area contributed by atoms with E-state index in [2.05, 4.69) is 36.3 Å². The Morgan fingerprint density at radius 3 is 2.47 bits per heavy atom. The van der Waals surface area contributed by atoms with Crippen LogP contribution in [-0.4, -0.2) is 76.9 Å². The first kappa shape index (κ1) is 43.1. The van der Waals surface area contributed by atoms with E-state index in [1.165, 1.54) is 30.3 Å². The number of nitrogens with two attached hydrogens (primary N) is 1. The van der Waals surface area contributed by atoms with Gasteiger partial charge in [0.1, 0.15) is 17.7 Å². The van der Waals surface area contributed by atoms with E-state index in [0.717, 1.165) is 16.0 Å². The summed E-state index contributed by atoms with van der Waals surface area (Å²) in [5.41, 5.74) is 11.8. The van der Waals surface area contributed by atoms with Crippen LogP contribution in [-0.2, 0) is 25.6 Å². The Hall–Kier alpha value is -7.60. The number of halogens is 1. The van der Waals surface area contributed by atoms with Crippen LogP contribution in [0.2, 0.25) is 0 Å². The number of carbonyl (C=O) groups excluding carboxylic acids is 7. The predicted octanol–water partition coefficient (Wildman–Crippen LogP) is 5.28. The summed E-state index contributed by atoms with van der Waals surface area (Å²) < 4.78 is 18.7. The van der Waals surface area contributed by atoms with E-state index in [4.69, 9.17) is 5.73 Å². The second-order valence-electron chi connectivity index (χ2n) is 15.3. The average molecular weight is 884 g/mol. The van der Waals surface area contributed by atoms with Gasteiger partial charge in [-0.15, -0.1) is 0 Å². The Balaban J connectivity index is 0.768. The minimum atomic E-state index is -1.10. The SMILES string of the molecule is Nc1ncc(-c2ccc(SNc3cccc(NC(=O)CCCCNC(=O)CNc4cccc5c4C(=O)N(C4CCC(=O)NC4=O)C5=O)c3)cc2F)cc1-c1ccc2c(c1)CCNC2=O. The van der Waals surface area contributed by atoms with Gasteiger partial charge in [0.15, 0.2) is 0 Å². The van der Waals surface area contributed by atoms with Gasteiger partial charge in [0.25, 0.3) is 17.7 Å². The molecule has 0 aliphatic carbocycles. The maximum absolute atomic E-state index is 15.5. The Kier molecular flexibility index (Phi) is 12.6. The standard InChI is InChI=1S/C46H42FN9O7S/c47-35-22-30(11-13-31(35)27-20-34(42(48)52-23-27)25-10-12-32-26(19-25)16-18-50-43(32)60)64-55-29-6-3-5-28(21-29)53-38(57)9-1-2-17-49-40(59)24-51-36-8-4-7-33-41(36)46(63)56(45(33)62)37-14-15-39(58)54-44(37)61/h3-8,10-13,19-23,37,51,55H,1-2,9,14-18,24H2,(H2,48,52)(H,49,59)(H,50,60)(H,53,57)(H,54,58,61). The summed E-state index contributed by atoms with van der Waals surface area (Å²) in [6, 6.07) is 22.8. The van der Waals surface area contributed by atoms with E-state index in [-0.39, 0.29) is 60.3 Å². The molecule has 3 aliphatic rings. The van der Waals surface area contributed by atoms with Crippen molar-refractivity contribution in [2.75, 3.05) is 40.7 Å². The molecular formula is C46H42FN9O7S. The van der Waals surface area contributed by atoms with Gasteiger partial charge < -0.3 is 31.7 Å². The molecule has 64 heavy (non-hydrogen) atoms. The van der Waals surface area contributed by atoms with E-state index >= 15 is 4.39 Å². The molecular weight excluding hydrogens is 842 g/mol. The summed E-state index contributed by atoms with van der Waals surface area (Å²) in [6.07, 6.45) is 3.50. The normalized spacial score (nSPS) is 15.5. The number of imide groups is 2. The number of anilines is 4. The van der Waals surface area contributed by atoms with Crippen molar-refractivity contribution >= 4 is 76.2 Å². The van der Waals surface area contributed by atoms with E-state index in [1.807, 2.05) is 18.2 Å². The molecule has 1 atom stereocenters. The number of piperidine rings is 1. The highest BCUT2D eigenvalue weighted by Gasteiger charge is 2.45. The average Bonchev–Trinajstić information content (AvgIpc) is 3.53. The molecule has 8 rings (SSSR count). The van der Waals surface area contributed by atoms with Crippen LogP contribution in [0, 0.1) is 5.82 Å². The molecule has 1 fully saturated rings. The zero-order valence-corrected chi connectivity index (χ0v) is 35.0. The summed E-state index contributed by atoms with van der Waals surface area (Å²) in [4.78, 5) is 93.7. The lowest BCUT2D eigenvalue weighted by molar-refractivity contribution is -0.136. The smallest absolute Gasteiger partial charge is 0.264 e. The Morgan fingerprint density at radius 2 is 1.64 bits per heavy atom. The lowest BCUT2D eigenvalue weighted by atomic mass is 9.94. The minimum absolute atomic E-state index is 0.00566. The zero-order chi connectivity index (χ0) is 44.9. The largest absolute Gasteiger partial charge is 0.383 e. The van der Waals surface area contributed by atoms with Crippen molar-refractivity contribution in [1.82, 2.24) is 25.8 Å². The van der Waals surface area contributed by atoms with Gasteiger partial charge in [0.2, 0.25) is 23.6 Å². The molecule has 5 aromatic rings. The lowest BCUT2D eigenvalue weighted by Gasteiger charge is -2.27. The fraction of sp³-hybridized carbons (Fsp3) is 0.217. The van der Waals surface area contributed by atoms with Crippen molar-refractivity contribution < 1.29 is 38.0 Å². The van der Waals surface area contributed by atoms with Crippen molar-refractivity contribution in [1.29, 1.82) is 0 Å². The molecule has 8 N–H and O–H groups in total. The number of rotatable bonds is 15. The highest BCUT2D eigenvalue weighted by Crippen LogP contribution is 2.35. The van der Waals surface area contributed by atoms with Gasteiger partial charge in [0, 0.05) is 76.3 Å². The van der Waals surface area contributed by atoms with Gasteiger partial charge in [-0.3, -0.25) is 43.8 Å². The number of nitrogens with zero attached hydrogens (tertiary/aromatic N) is 2. The van der Waals surface area contributed by atoms with Crippen LogP contribution in [0.1, 0.15) is 68.7 Å². The molecule has 1 saturated heterocycles. The third-order valence-electron chi connectivity index (χ3n) is 11.0. The number of nitrogen functional groups attached to an aromatic ring is 1. The van der Waals surface area contributed by atoms with Gasteiger partial charge >= 0.3 is 0 Å². The number of pyridine rings is 1. The molecule has 0 spiro atoms. The summed E-state index contributed by atoms with van der Waals surface area (Å²) in [5, 5.41) is 13.6.